The van der Waals surface area contributed by atoms with E-state index in [1.54, 1.807) is 24.4 Å². The lowest BCUT2D eigenvalue weighted by Gasteiger charge is -1.99. The molecule has 3 heteroatoms. The Kier molecular flexibility index (Phi) is 3.45. The van der Waals surface area contributed by atoms with Crippen molar-refractivity contribution in [2.24, 2.45) is 5.73 Å². The molecular formula is C11H11N3. The van der Waals surface area contributed by atoms with Crippen LogP contribution in [-0.2, 0) is 0 Å². The summed E-state index contributed by atoms with van der Waals surface area (Å²) in [6.07, 6.45) is 7.10. The standard InChI is InChI=1S/C11H11N3/c1-2-3-4-11(13)9-5-6-14-10(7-9)8-12/h2-7H,13H2,1H3/b3-2-,11-4-. The smallest absolute Gasteiger partial charge is 0.141 e. The van der Waals surface area contributed by atoms with Crippen LogP contribution >= 0.6 is 0 Å². The predicted molar refractivity (Wildman–Crippen MR) is 55.9 cm³/mol. The van der Waals surface area contributed by atoms with Gasteiger partial charge in [0, 0.05) is 17.5 Å². The van der Waals surface area contributed by atoms with E-state index in [0.717, 1.165) is 5.56 Å². The van der Waals surface area contributed by atoms with Gasteiger partial charge in [-0.05, 0) is 25.1 Å². The number of nitrogens with two attached hydrogens (primary N) is 1. The normalized spacial score (nSPS) is 11.6. The minimum atomic E-state index is 0.374. The van der Waals surface area contributed by atoms with Crippen molar-refractivity contribution < 1.29 is 0 Å². The number of allylic oxidation sites excluding steroid dienone is 3. The highest BCUT2D eigenvalue weighted by Gasteiger charge is 1.97. The van der Waals surface area contributed by atoms with Crippen molar-refractivity contribution in [1.82, 2.24) is 4.98 Å². The van der Waals surface area contributed by atoms with Gasteiger partial charge in [0.25, 0.3) is 0 Å². The zero-order valence-electron chi connectivity index (χ0n) is 7.94. The third-order valence-corrected chi connectivity index (χ3v) is 1.68. The molecule has 1 heterocycles. The van der Waals surface area contributed by atoms with E-state index in [1.807, 2.05) is 25.1 Å². The topological polar surface area (TPSA) is 62.7 Å². The van der Waals surface area contributed by atoms with Crippen LogP contribution < -0.4 is 5.73 Å². The van der Waals surface area contributed by atoms with Gasteiger partial charge in [-0.1, -0.05) is 12.2 Å². The molecule has 0 aliphatic rings. The molecule has 1 aromatic rings. The highest BCUT2D eigenvalue weighted by atomic mass is 14.7. The SMILES string of the molecule is C/C=C\C=C(/N)c1ccnc(C#N)c1. The molecule has 0 amide bonds. The van der Waals surface area contributed by atoms with Crippen molar-refractivity contribution in [1.29, 1.82) is 5.26 Å². The summed E-state index contributed by atoms with van der Waals surface area (Å²) in [7, 11) is 0. The molecule has 0 aliphatic carbocycles. The van der Waals surface area contributed by atoms with Gasteiger partial charge in [-0.3, -0.25) is 0 Å². The van der Waals surface area contributed by atoms with E-state index in [0.29, 0.717) is 11.4 Å². The van der Waals surface area contributed by atoms with Crippen molar-refractivity contribution in [3.63, 3.8) is 0 Å². The molecular weight excluding hydrogens is 174 g/mol. The largest absolute Gasteiger partial charge is 0.398 e. The van der Waals surface area contributed by atoms with E-state index >= 15 is 0 Å². The fraction of sp³-hybridized carbons (Fsp3) is 0.0909. The van der Waals surface area contributed by atoms with Crippen LogP contribution in [0.25, 0.3) is 5.70 Å². The van der Waals surface area contributed by atoms with E-state index < -0.39 is 0 Å². The highest BCUT2D eigenvalue weighted by Crippen LogP contribution is 2.08. The number of aromatic nitrogens is 1. The van der Waals surface area contributed by atoms with Crippen molar-refractivity contribution in [2.45, 2.75) is 6.92 Å². The molecule has 0 radical (unpaired) electrons. The fourth-order valence-electron chi connectivity index (χ4n) is 0.967. The maximum atomic E-state index is 8.63. The van der Waals surface area contributed by atoms with Crippen LogP contribution in [0.2, 0.25) is 0 Å². The molecule has 0 aliphatic heterocycles. The van der Waals surface area contributed by atoms with E-state index in [-0.39, 0.29) is 0 Å². The number of rotatable bonds is 2. The van der Waals surface area contributed by atoms with Crippen molar-refractivity contribution in [3.8, 4) is 6.07 Å². The van der Waals surface area contributed by atoms with Gasteiger partial charge in [-0.15, -0.1) is 0 Å². The second-order valence-electron chi connectivity index (χ2n) is 2.69. The van der Waals surface area contributed by atoms with Gasteiger partial charge in [0.2, 0.25) is 0 Å². The summed E-state index contributed by atoms with van der Waals surface area (Å²) in [5.74, 6) is 0. The Labute approximate surface area is 83.2 Å². The van der Waals surface area contributed by atoms with Gasteiger partial charge < -0.3 is 5.73 Å². The summed E-state index contributed by atoms with van der Waals surface area (Å²) >= 11 is 0. The predicted octanol–water partition coefficient (Wildman–Crippen LogP) is 1.83. The summed E-state index contributed by atoms with van der Waals surface area (Å²) in [5, 5.41) is 8.63. The molecule has 1 aromatic heterocycles. The van der Waals surface area contributed by atoms with Gasteiger partial charge in [0.1, 0.15) is 11.8 Å². The van der Waals surface area contributed by atoms with Crippen LogP contribution in [0, 0.1) is 11.3 Å². The molecule has 14 heavy (non-hydrogen) atoms. The van der Waals surface area contributed by atoms with Crippen LogP contribution in [-0.4, -0.2) is 4.98 Å². The number of hydrogen-bond acceptors (Lipinski definition) is 3. The molecule has 0 saturated heterocycles. The molecule has 0 unspecified atom stereocenters. The van der Waals surface area contributed by atoms with E-state index in [4.69, 9.17) is 11.0 Å². The number of hydrogen-bond donors (Lipinski definition) is 1. The van der Waals surface area contributed by atoms with E-state index in [2.05, 4.69) is 4.98 Å². The highest BCUT2D eigenvalue weighted by molar-refractivity contribution is 5.64. The molecule has 0 aromatic carbocycles. The Hall–Kier alpha value is -2.08. The molecule has 0 saturated carbocycles. The quantitative estimate of drug-likeness (QED) is 0.715. The zero-order chi connectivity index (χ0) is 10.4. The second-order valence-corrected chi connectivity index (χ2v) is 2.69. The van der Waals surface area contributed by atoms with Crippen LogP contribution in [0.4, 0.5) is 0 Å². The Morgan fingerprint density at radius 1 is 1.64 bits per heavy atom. The third kappa shape index (κ3) is 2.46. The van der Waals surface area contributed by atoms with Crippen molar-refractivity contribution >= 4 is 5.70 Å². The first-order valence-corrected chi connectivity index (χ1v) is 4.23. The maximum Gasteiger partial charge on any atom is 0.141 e. The zero-order valence-corrected chi connectivity index (χ0v) is 7.94. The molecule has 0 bridgehead atoms. The minimum absolute atomic E-state index is 0.374. The Bertz CT molecular complexity index is 411. The summed E-state index contributed by atoms with van der Waals surface area (Å²) in [6, 6.07) is 5.40. The number of nitrogens with zero attached hydrogens (tertiary/aromatic N) is 2. The molecule has 70 valence electrons. The lowest BCUT2D eigenvalue weighted by atomic mass is 10.1. The Balaban J connectivity index is 3.02. The van der Waals surface area contributed by atoms with Gasteiger partial charge in [0.15, 0.2) is 0 Å². The van der Waals surface area contributed by atoms with Crippen molar-refractivity contribution in [3.05, 3.63) is 47.8 Å². The molecule has 0 atom stereocenters. The second kappa shape index (κ2) is 4.83. The lowest BCUT2D eigenvalue weighted by molar-refractivity contribution is 1.25. The van der Waals surface area contributed by atoms with Crippen LogP contribution in [0.1, 0.15) is 18.2 Å². The molecule has 2 N–H and O–H groups in total. The average Bonchev–Trinajstić information content (AvgIpc) is 2.26. The summed E-state index contributed by atoms with van der Waals surface area (Å²) in [6.45, 7) is 1.91. The number of pyridine rings is 1. The van der Waals surface area contributed by atoms with Gasteiger partial charge in [-0.25, -0.2) is 4.98 Å². The van der Waals surface area contributed by atoms with Crippen LogP contribution in [0.3, 0.4) is 0 Å². The van der Waals surface area contributed by atoms with Gasteiger partial charge >= 0.3 is 0 Å². The van der Waals surface area contributed by atoms with E-state index in [9.17, 15) is 0 Å². The van der Waals surface area contributed by atoms with E-state index in [1.165, 1.54) is 0 Å². The average molecular weight is 185 g/mol. The summed E-state index contributed by atoms with van der Waals surface area (Å²) in [5.41, 5.74) is 7.59. The first-order valence-electron chi connectivity index (χ1n) is 4.23. The third-order valence-electron chi connectivity index (χ3n) is 1.68. The molecule has 0 spiro atoms. The van der Waals surface area contributed by atoms with Crippen LogP contribution in [0.15, 0.2) is 36.6 Å². The summed E-state index contributed by atoms with van der Waals surface area (Å²) < 4.78 is 0. The maximum absolute atomic E-state index is 8.63. The minimum Gasteiger partial charge on any atom is -0.398 e. The molecule has 1 rings (SSSR count). The first kappa shape index (κ1) is 10.0. The van der Waals surface area contributed by atoms with Gasteiger partial charge in [0.05, 0.1) is 0 Å². The van der Waals surface area contributed by atoms with Crippen LogP contribution in [0.5, 0.6) is 0 Å². The fourth-order valence-corrected chi connectivity index (χ4v) is 0.967. The monoisotopic (exact) mass is 185 g/mol. The summed E-state index contributed by atoms with van der Waals surface area (Å²) in [4.78, 5) is 3.86. The van der Waals surface area contributed by atoms with Crippen molar-refractivity contribution in [2.75, 3.05) is 0 Å². The van der Waals surface area contributed by atoms with Gasteiger partial charge in [-0.2, -0.15) is 5.26 Å². The Morgan fingerprint density at radius 3 is 3.07 bits per heavy atom. The number of nitriles is 1. The first-order chi connectivity index (χ1) is 6.77. The molecule has 3 nitrogen and oxygen atoms in total. The molecule has 0 fully saturated rings. The Morgan fingerprint density at radius 2 is 2.43 bits per heavy atom. The lowest BCUT2D eigenvalue weighted by Crippen LogP contribution is -1.96.